The summed E-state index contributed by atoms with van der Waals surface area (Å²) < 4.78 is 1.94. The zero-order valence-electron chi connectivity index (χ0n) is 11.5. The van der Waals surface area contributed by atoms with Gasteiger partial charge in [0.2, 0.25) is 0 Å². The molecule has 3 rings (SSSR count). The van der Waals surface area contributed by atoms with Gasteiger partial charge in [-0.3, -0.25) is 0 Å². The predicted octanol–water partition coefficient (Wildman–Crippen LogP) is 0.118. The van der Waals surface area contributed by atoms with Crippen molar-refractivity contribution in [2.45, 2.75) is 50.8 Å². The standard InChI is InChI=1S/C13H20N6O/c1-8-17-13(9-4-11(14)12(20)5-9)19(18-8)3-2-10-6-15-7-16-10/h6-7,9,11-12,20H,2-5,14H2,1H3,(H,15,16)/t9-,11+,12+/m0/s1. The molecule has 0 spiro atoms. The van der Waals surface area contributed by atoms with Crippen molar-refractivity contribution in [2.75, 3.05) is 0 Å². The van der Waals surface area contributed by atoms with Crippen LogP contribution in [0.3, 0.4) is 0 Å². The fourth-order valence-corrected chi connectivity index (χ4v) is 2.85. The van der Waals surface area contributed by atoms with Gasteiger partial charge in [0.05, 0.1) is 12.4 Å². The molecule has 1 aliphatic rings. The van der Waals surface area contributed by atoms with Gasteiger partial charge in [-0.15, -0.1) is 0 Å². The van der Waals surface area contributed by atoms with Gasteiger partial charge in [0.1, 0.15) is 11.6 Å². The van der Waals surface area contributed by atoms with Crippen LogP contribution in [0.5, 0.6) is 0 Å². The number of aromatic amines is 1. The maximum atomic E-state index is 9.81. The fourth-order valence-electron chi connectivity index (χ4n) is 2.85. The average molecular weight is 276 g/mol. The number of aromatic nitrogens is 5. The normalized spacial score (nSPS) is 26.2. The Kier molecular flexibility index (Phi) is 3.54. The summed E-state index contributed by atoms with van der Waals surface area (Å²) in [6, 6.07) is -0.155. The van der Waals surface area contributed by atoms with Gasteiger partial charge in [0.25, 0.3) is 0 Å². The van der Waals surface area contributed by atoms with Crippen LogP contribution < -0.4 is 5.73 Å². The first kappa shape index (κ1) is 13.3. The van der Waals surface area contributed by atoms with Gasteiger partial charge in [0, 0.05) is 36.8 Å². The van der Waals surface area contributed by atoms with Crippen LogP contribution in [0.4, 0.5) is 0 Å². The lowest BCUT2D eigenvalue weighted by atomic mass is 10.1. The van der Waals surface area contributed by atoms with E-state index in [0.29, 0.717) is 6.42 Å². The molecule has 2 heterocycles. The summed E-state index contributed by atoms with van der Waals surface area (Å²) in [7, 11) is 0. The molecule has 0 unspecified atom stereocenters. The molecule has 1 aliphatic carbocycles. The number of nitrogens with zero attached hydrogens (tertiary/aromatic N) is 4. The second kappa shape index (κ2) is 5.34. The van der Waals surface area contributed by atoms with E-state index in [4.69, 9.17) is 5.73 Å². The molecular weight excluding hydrogens is 256 g/mol. The average Bonchev–Trinajstić information content (AvgIpc) is 3.09. The topological polar surface area (TPSA) is 106 Å². The van der Waals surface area contributed by atoms with E-state index in [0.717, 1.165) is 36.7 Å². The molecule has 108 valence electrons. The number of rotatable bonds is 4. The molecule has 0 saturated heterocycles. The molecule has 7 heteroatoms. The number of hydrogen-bond acceptors (Lipinski definition) is 5. The van der Waals surface area contributed by atoms with E-state index < -0.39 is 6.10 Å². The Morgan fingerprint density at radius 1 is 1.50 bits per heavy atom. The van der Waals surface area contributed by atoms with E-state index in [9.17, 15) is 5.11 Å². The van der Waals surface area contributed by atoms with Crippen molar-refractivity contribution in [1.82, 2.24) is 24.7 Å². The Bertz CT molecular complexity index is 553. The molecule has 1 saturated carbocycles. The monoisotopic (exact) mass is 276 g/mol. The van der Waals surface area contributed by atoms with E-state index in [-0.39, 0.29) is 12.0 Å². The van der Waals surface area contributed by atoms with Crippen molar-refractivity contribution >= 4 is 0 Å². The Hall–Kier alpha value is -1.73. The van der Waals surface area contributed by atoms with Gasteiger partial charge < -0.3 is 15.8 Å². The third-order valence-electron chi connectivity index (χ3n) is 3.90. The van der Waals surface area contributed by atoms with Gasteiger partial charge >= 0.3 is 0 Å². The Balaban J connectivity index is 1.74. The van der Waals surface area contributed by atoms with E-state index in [1.165, 1.54) is 0 Å². The van der Waals surface area contributed by atoms with Crippen LogP contribution in [0.25, 0.3) is 0 Å². The van der Waals surface area contributed by atoms with Crippen molar-refractivity contribution in [3.05, 3.63) is 29.9 Å². The molecule has 0 aromatic carbocycles. The van der Waals surface area contributed by atoms with Crippen LogP contribution in [0, 0.1) is 6.92 Å². The number of aryl methyl sites for hydroxylation is 3. The van der Waals surface area contributed by atoms with Gasteiger partial charge in [0.15, 0.2) is 0 Å². The second-order valence-electron chi connectivity index (χ2n) is 5.47. The summed E-state index contributed by atoms with van der Waals surface area (Å²) >= 11 is 0. The maximum Gasteiger partial charge on any atom is 0.147 e. The van der Waals surface area contributed by atoms with Crippen molar-refractivity contribution in [3.8, 4) is 0 Å². The minimum atomic E-state index is -0.432. The summed E-state index contributed by atoms with van der Waals surface area (Å²) in [6.45, 7) is 2.64. The van der Waals surface area contributed by atoms with Crippen LogP contribution in [-0.2, 0) is 13.0 Å². The van der Waals surface area contributed by atoms with Gasteiger partial charge in [-0.2, -0.15) is 5.10 Å². The molecular formula is C13H20N6O. The lowest BCUT2D eigenvalue weighted by Crippen LogP contribution is -2.28. The van der Waals surface area contributed by atoms with Gasteiger partial charge in [-0.1, -0.05) is 0 Å². The van der Waals surface area contributed by atoms with Crippen LogP contribution in [0.1, 0.15) is 36.1 Å². The molecule has 2 aromatic rings. The number of nitrogens with one attached hydrogen (secondary N) is 1. The Morgan fingerprint density at radius 2 is 2.35 bits per heavy atom. The summed E-state index contributed by atoms with van der Waals surface area (Å²) in [5.41, 5.74) is 6.97. The SMILES string of the molecule is Cc1nc([C@H]2C[C@@H](N)[C@H](O)C2)n(CCc2cnc[nH]2)n1. The minimum Gasteiger partial charge on any atom is -0.391 e. The Labute approximate surface area is 117 Å². The molecule has 4 N–H and O–H groups in total. The highest BCUT2D eigenvalue weighted by atomic mass is 16.3. The number of hydrogen-bond donors (Lipinski definition) is 3. The van der Waals surface area contributed by atoms with Crippen molar-refractivity contribution in [2.24, 2.45) is 5.73 Å². The van der Waals surface area contributed by atoms with Crippen LogP contribution >= 0.6 is 0 Å². The lowest BCUT2D eigenvalue weighted by Gasteiger charge is -2.10. The Morgan fingerprint density at radius 3 is 3.00 bits per heavy atom. The van der Waals surface area contributed by atoms with Crippen LogP contribution in [0.15, 0.2) is 12.5 Å². The van der Waals surface area contributed by atoms with E-state index >= 15 is 0 Å². The third kappa shape index (κ3) is 2.59. The van der Waals surface area contributed by atoms with Gasteiger partial charge in [-0.05, 0) is 19.8 Å². The highest BCUT2D eigenvalue weighted by Crippen LogP contribution is 2.32. The van der Waals surface area contributed by atoms with Crippen molar-refractivity contribution in [1.29, 1.82) is 0 Å². The molecule has 7 nitrogen and oxygen atoms in total. The molecule has 0 aliphatic heterocycles. The lowest BCUT2D eigenvalue weighted by molar-refractivity contribution is 0.163. The molecule has 20 heavy (non-hydrogen) atoms. The van der Waals surface area contributed by atoms with Gasteiger partial charge in [-0.25, -0.2) is 14.6 Å². The van der Waals surface area contributed by atoms with Crippen LogP contribution in [-0.4, -0.2) is 42.0 Å². The molecule has 0 bridgehead atoms. The number of H-pyrrole nitrogens is 1. The molecule has 0 amide bonds. The number of imidazole rings is 1. The summed E-state index contributed by atoms with van der Waals surface area (Å²) in [6.07, 6.45) is 5.33. The summed E-state index contributed by atoms with van der Waals surface area (Å²) in [4.78, 5) is 11.6. The van der Waals surface area contributed by atoms with E-state index in [2.05, 4.69) is 20.1 Å². The first-order chi connectivity index (χ1) is 9.63. The molecule has 1 fully saturated rings. The molecule has 2 aromatic heterocycles. The highest BCUT2D eigenvalue weighted by molar-refractivity contribution is 5.07. The highest BCUT2D eigenvalue weighted by Gasteiger charge is 2.34. The summed E-state index contributed by atoms with van der Waals surface area (Å²) in [5.74, 6) is 1.90. The number of aliphatic hydroxyl groups excluding tert-OH is 1. The zero-order valence-corrected chi connectivity index (χ0v) is 11.5. The van der Waals surface area contributed by atoms with Crippen molar-refractivity contribution < 1.29 is 5.11 Å². The second-order valence-corrected chi connectivity index (χ2v) is 5.47. The summed E-state index contributed by atoms with van der Waals surface area (Å²) in [5, 5.41) is 14.3. The third-order valence-corrected chi connectivity index (χ3v) is 3.90. The van der Waals surface area contributed by atoms with E-state index in [1.54, 1.807) is 6.33 Å². The van der Waals surface area contributed by atoms with E-state index in [1.807, 2.05) is 17.8 Å². The van der Waals surface area contributed by atoms with Crippen LogP contribution in [0.2, 0.25) is 0 Å². The maximum absolute atomic E-state index is 9.81. The predicted molar refractivity (Wildman–Crippen MR) is 73.0 cm³/mol. The smallest absolute Gasteiger partial charge is 0.147 e. The largest absolute Gasteiger partial charge is 0.391 e. The quantitative estimate of drug-likeness (QED) is 0.735. The minimum absolute atomic E-state index is 0.155. The first-order valence-corrected chi connectivity index (χ1v) is 6.95. The fraction of sp³-hybridized carbons (Fsp3) is 0.615. The molecule has 3 atom stereocenters. The number of nitrogens with two attached hydrogens (primary N) is 1. The number of aliphatic hydroxyl groups is 1. The zero-order chi connectivity index (χ0) is 14.1. The molecule has 0 radical (unpaired) electrons. The van der Waals surface area contributed by atoms with Crippen molar-refractivity contribution in [3.63, 3.8) is 0 Å². The first-order valence-electron chi connectivity index (χ1n) is 6.95.